The maximum absolute atomic E-state index is 11.3. The van der Waals surface area contributed by atoms with Crippen LogP contribution in [0.2, 0.25) is 5.02 Å². The number of halogens is 1. The standard InChI is InChI=1S/C12H14ClN3OS/c1-12(2,9-4-3-5-18-9)7-14-8-6-15-16-11(17)10(8)13/h3-6H,7H2,1-2H3,(H2,14,16,17). The number of nitrogens with one attached hydrogen (secondary N) is 2. The zero-order chi connectivity index (χ0) is 13.2. The molecule has 2 aromatic heterocycles. The zero-order valence-electron chi connectivity index (χ0n) is 10.2. The summed E-state index contributed by atoms with van der Waals surface area (Å²) in [5, 5.41) is 11.4. The van der Waals surface area contributed by atoms with E-state index in [0.29, 0.717) is 12.2 Å². The Bertz CT molecular complexity index is 577. The SMILES string of the molecule is CC(C)(CNc1cn[nH]c(=O)c1Cl)c1cccs1. The second-order valence-electron chi connectivity index (χ2n) is 4.64. The largest absolute Gasteiger partial charge is 0.381 e. The van der Waals surface area contributed by atoms with Gasteiger partial charge in [-0.2, -0.15) is 5.10 Å². The van der Waals surface area contributed by atoms with E-state index < -0.39 is 0 Å². The van der Waals surface area contributed by atoms with Crippen LogP contribution >= 0.6 is 22.9 Å². The van der Waals surface area contributed by atoms with Crippen molar-refractivity contribution in [2.45, 2.75) is 19.3 Å². The molecule has 6 heteroatoms. The van der Waals surface area contributed by atoms with Crippen LogP contribution in [-0.2, 0) is 5.41 Å². The van der Waals surface area contributed by atoms with Crippen molar-refractivity contribution in [1.29, 1.82) is 0 Å². The van der Waals surface area contributed by atoms with Crippen molar-refractivity contribution in [2.75, 3.05) is 11.9 Å². The lowest BCUT2D eigenvalue weighted by Gasteiger charge is -2.24. The van der Waals surface area contributed by atoms with E-state index in [1.807, 2.05) is 6.07 Å². The van der Waals surface area contributed by atoms with E-state index in [1.54, 1.807) is 11.3 Å². The predicted octanol–water partition coefficient (Wildman–Crippen LogP) is 2.87. The lowest BCUT2D eigenvalue weighted by molar-refractivity contribution is 0.569. The van der Waals surface area contributed by atoms with Gasteiger partial charge in [0.05, 0.1) is 11.9 Å². The highest BCUT2D eigenvalue weighted by atomic mass is 35.5. The summed E-state index contributed by atoms with van der Waals surface area (Å²) in [4.78, 5) is 12.6. The number of H-pyrrole nitrogens is 1. The summed E-state index contributed by atoms with van der Waals surface area (Å²) in [7, 11) is 0. The maximum Gasteiger partial charge on any atom is 0.285 e. The van der Waals surface area contributed by atoms with Gasteiger partial charge < -0.3 is 5.32 Å². The quantitative estimate of drug-likeness (QED) is 0.907. The average molecular weight is 284 g/mol. The van der Waals surface area contributed by atoms with E-state index in [0.717, 1.165) is 0 Å². The molecule has 0 fully saturated rings. The highest BCUT2D eigenvalue weighted by Gasteiger charge is 2.22. The lowest BCUT2D eigenvalue weighted by Crippen LogP contribution is -2.27. The molecule has 18 heavy (non-hydrogen) atoms. The molecule has 0 saturated carbocycles. The molecule has 0 aliphatic carbocycles. The third-order valence-corrected chi connectivity index (χ3v) is 4.32. The molecule has 2 rings (SSSR count). The molecule has 0 bridgehead atoms. The van der Waals surface area contributed by atoms with Crippen LogP contribution in [0, 0.1) is 0 Å². The molecule has 0 aliphatic rings. The average Bonchev–Trinajstić information content (AvgIpc) is 2.85. The first kappa shape index (κ1) is 13.1. The van der Waals surface area contributed by atoms with Crippen LogP contribution < -0.4 is 10.9 Å². The van der Waals surface area contributed by atoms with E-state index in [2.05, 4.69) is 40.8 Å². The van der Waals surface area contributed by atoms with Gasteiger partial charge in [-0.25, -0.2) is 5.10 Å². The van der Waals surface area contributed by atoms with Gasteiger partial charge in [0.15, 0.2) is 0 Å². The number of hydrogen-bond donors (Lipinski definition) is 2. The van der Waals surface area contributed by atoms with Gasteiger partial charge in [0.25, 0.3) is 5.56 Å². The van der Waals surface area contributed by atoms with Gasteiger partial charge in [-0.1, -0.05) is 31.5 Å². The Balaban J connectivity index is 2.12. The van der Waals surface area contributed by atoms with Crippen LogP contribution in [0.4, 0.5) is 5.69 Å². The van der Waals surface area contributed by atoms with Gasteiger partial charge >= 0.3 is 0 Å². The first-order chi connectivity index (χ1) is 8.50. The first-order valence-corrected chi connectivity index (χ1v) is 6.77. The van der Waals surface area contributed by atoms with Crippen LogP contribution in [0.5, 0.6) is 0 Å². The molecule has 96 valence electrons. The van der Waals surface area contributed by atoms with Gasteiger partial charge in [0.1, 0.15) is 5.02 Å². The maximum atomic E-state index is 11.3. The van der Waals surface area contributed by atoms with Gasteiger partial charge in [-0.3, -0.25) is 4.79 Å². The monoisotopic (exact) mass is 283 g/mol. The Morgan fingerprint density at radius 3 is 3.00 bits per heavy atom. The molecule has 0 radical (unpaired) electrons. The Labute approximate surface area is 114 Å². The van der Waals surface area contributed by atoms with Gasteiger partial charge in [-0.05, 0) is 11.4 Å². The van der Waals surface area contributed by atoms with Crippen molar-refractivity contribution >= 4 is 28.6 Å². The number of hydrogen-bond acceptors (Lipinski definition) is 4. The fourth-order valence-corrected chi connectivity index (χ4v) is 2.58. The molecule has 0 aliphatic heterocycles. The summed E-state index contributed by atoms with van der Waals surface area (Å²) in [6, 6.07) is 4.13. The van der Waals surface area contributed by atoms with Crippen molar-refractivity contribution in [3.05, 3.63) is 44.0 Å². The normalized spacial score (nSPS) is 11.5. The van der Waals surface area contributed by atoms with E-state index in [9.17, 15) is 4.79 Å². The smallest absolute Gasteiger partial charge is 0.285 e. The van der Waals surface area contributed by atoms with Gasteiger partial charge in [0.2, 0.25) is 0 Å². The Kier molecular flexibility index (Phi) is 3.73. The summed E-state index contributed by atoms with van der Waals surface area (Å²) in [5.41, 5.74) is 0.153. The number of nitrogens with zero attached hydrogens (tertiary/aromatic N) is 1. The lowest BCUT2D eigenvalue weighted by atomic mass is 9.91. The highest BCUT2D eigenvalue weighted by molar-refractivity contribution is 7.10. The number of anilines is 1. The molecule has 2 heterocycles. The van der Waals surface area contributed by atoms with Crippen LogP contribution in [0.3, 0.4) is 0 Å². The first-order valence-electron chi connectivity index (χ1n) is 5.52. The zero-order valence-corrected chi connectivity index (χ0v) is 11.7. The second-order valence-corrected chi connectivity index (χ2v) is 5.97. The van der Waals surface area contributed by atoms with E-state index >= 15 is 0 Å². The van der Waals surface area contributed by atoms with Crippen LogP contribution in [0.1, 0.15) is 18.7 Å². The van der Waals surface area contributed by atoms with Crippen LogP contribution in [0.25, 0.3) is 0 Å². The highest BCUT2D eigenvalue weighted by Crippen LogP contribution is 2.28. The Morgan fingerprint density at radius 1 is 1.56 bits per heavy atom. The van der Waals surface area contributed by atoms with E-state index in [4.69, 9.17) is 11.6 Å². The fraction of sp³-hybridized carbons (Fsp3) is 0.333. The third-order valence-electron chi connectivity index (χ3n) is 2.70. The molecule has 0 saturated heterocycles. The number of aromatic nitrogens is 2. The van der Waals surface area contributed by atoms with Crippen LogP contribution in [0.15, 0.2) is 28.5 Å². The van der Waals surface area contributed by atoms with Crippen molar-refractivity contribution in [2.24, 2.45) is 0 Å². The number of thiophene rings is 1. The molecule has 0 aromatic carbocycles. The summed E-state index contributed by atoms with van der Waals surface area (Å²) in [5.74, 6) is 0. The van der Waals surface area contributed by atoms with E-state index in [-0.39, 0.29) is 16.0 Å². The van der Waals surface area contributed by atoms with Crippen molar-refractivity contribution < 1.29 is 0 Å². The molecular formula is C12H14ClN3OS. The molecule has 0 amide bonds. The molecule has 0 spiro atoms. The predicted molar refractivity (Wildman–Crippen MR) is 75.7 cm³/mol. The Morgan fingerprint density at radius 2 is 2.33 bits per heavy atom. The molecular weight excluding hydrogens is 270 g/mol. The molecule has 2 N–H and O–H groups in total. The van der Waals surface area contributed by atoms with Crippen molar-refractivity contribution in [3.63, 3.8) is 0 Å². The minimum atomic E-state index is -0.379. The summed E-state index contributed by atoms with van der Waals surface area (Å²) >= 11 is 7.62. The van der Waals surface area contributed by atoms with Gasteiger partial charge in [0, 0.05) is 16.8 Å². The minimum Gasteiger partial charge on any atom is -0.381 e. The fourth-order valence-electron chi connectivity index (χ4n) is 1.57. The summed E-state index contributed by atoms with van der Waals surface area (Å²) in [6.45, 7) is 4.96. The summed E-state index contributed by atoms with van der Waals surface area (Å²) in [6.07, 6.45) is 1.52. The molecule has 2 aromatic rings. The molecule has 0 atom stereocenters. The Hall–Kier alpha value is -1.33. The van der Waals surface area contributed by atoms with Gasteiger partial charge in [-0.15, -0.1) is 11.3 Å². The van der Waals surface area contributed by atoms with Crippen molar-refractivity contribution in [1.82, 2.24) is 10.2 Å². The number of rotatable bonds is 4. The number of aromatic amines is 1. The minimum absolute atomic E-state index is 0.0277. The van der Waals surface area contributed by atoms with Crippen molar-refractivity contribution in [3.8, 4) is 0 Å². The third kappa shape index (κ3) is 2.73. The molecule has 4 nitrogen and oxygen atoms in total. The topological polar surface area (TPSA) is 57.8 Å². The summed E-state index contributed by atoms with van der Waals surface area (Å²) < 4.78 is 0. The second kappa shape index (κ2) is 5.12. The van der Waals surface area contributed by atoms with Crippen LogP contribution in [-0.4, -0.2) is 16.7 Å². The van der Waals surface area contributed by atoms with E-state index in [1.165, 1.54) is 11.1 Å². The molecule has 0 unspecified atom stereocenters.